The van der Waals surface area contributed by atoms with Crippen LogP contribution < -0.4 is 10.9 Å². The summed E-state index contributed by atoms with van der Waals surface area (Å²) in [6, 6.07) is -0.472. The van der Waals surface area contributed by atoms with Gasteiger partial charge in [0.2, 0.25) is 0 Å². The maximum Gasteiger partial charge on any atom is 0.341 e. The van der Waals surface area contributed by atoms with Crippen LogP contribution in [0.25, 0.3) is 0 Å². The zero-order valence-corrected chi connectivity index (χ0v) is 5.62. The second kappa shape index (κ2) is 3.67. The molecule has 0 spiro atoms. The molecule has 0 saturated heterocycles. The Labute approximate surface area is 62.2 Å². The third-order valence-corrected chi connectivity index (χ3v) is 1.00. The highest BCUT2D eigenvalue weighted by Gasteiger charge is 1.99. The standard InChI is InChI=1S/C5H7FN4O/c6-3-8-9-5(11)10-2-1-7-4-10/h1-2,4,8H,3H2,(H,9,11). The van der Waals surface area contributed by atoms with Gasteiger partial charge in [-0.05, 0) is 0 Å². The molecule has 2 N–H and O–H groups in total. The molecule has 0 fully saturated rings. The molecular weight excluding hydrogens is 151 g/mol. The Morgan fingerprint density at radius 3 is 3.09 bits per heavy atom. The topological polar surface area (TPSA) is 59.0 Å². The quantitative estimate of drug-likeness (QED) is 0.465. The Morgan fingerprint density at radius 1 is 1.73 bits per heavy atom. The smallest absolute Gasteiger partial charge is 0.270 e. The van der Waals surface area contributed by atoms with Gasteiger partial charge in [0, 0.05) is 12.4 Å². The molecule has 0 aliphatic carbocycles. The molecular formula is C5H7FN4O. The van der Waals surface area contributed by atoms with Gasteiger partial charge in [0.1, 0.15) is 6.33 Å². The van der Waals surface area contributed by atoms with Crippen molar-refractivity contribution in [3.05, 3.63) is 18.7 Å². The number of alkyl halides is 1. The number of hydrazine groups is 1. The molecule has 0 saturated carbocycles. The van der Waals surface area contributed by atoms with Crippen LogP contribution in [0, 0.1) is 0 Å². The van der Waals surface area contributed by atoms with Crippen molar-refractivity contribution in [1.29, 1.82) is 0 Å². The number of rotatable bonds is 2. The number of hydrogen-bond acceptors (Lipinski definition) is 3. The lowest BCUT2D eigenvalue weighted by molar-refractivity contribution is 0.234. The van der Waals surface area contributed by atoms with E-state index >= 15 is 0 Å². The lowest BCUT2D eigenvalue weighted by Gasteiger charge is -2.01. The van der Waals surface area contributed by atoms with Gasteiger partial charge in [0.15, 0.2) is 6.80 Å². The third-order valence-electron chi connectivity index (χ3n) is 1.00. The normalized spacial score (nSPS) is 9.55. The summed E-state index contributed by atoms with van der Waals surface area (Å²) in [5.74, 6) is 0. The number of amides is 1. The molecule has 60 valence electrons. The highest BCUT2D eigenvalue weighted by atomic mass is 19.1. The van der Waals surface area contributed by atoms with E-state index in [1.54, 1.807) is 0 Å². The summed E-state index contributed by atoms with van der Waals surface area (Å²) < 4.78 is 12.6. The van der Waals surface area contributed by atoms with Crippen molar-refractivity contribution < 1.29 is 9.18 Å². The lowest BCUT2D eigenvalue weighted by Crippen LogP contribution is -2.39. The summed E-state index contributed by atoms with van der Waals surface area (Å²) in [5, 5.41) is 0. The van der Waals surface area contributed by atoms with Crippen LogP contribution in [0.2, 0.25) is 0 Å². The van der Waals surface area contributed by atoms with E-state index in [0.717, 1.165) is 0 Å². The van der Waals surface area contributed by atoms with E-state index < -0.39 is 12.8 Å². The average molecular weight is 158 g/mol. The molecule has 0 aliphatic rings. The van der Waals surface area contributed by atoms with E-state index in [-0.39, 0.29) is 0 Å². The van der Waals surface area contributed by atoms with Crippen molar-refractivity contribution in [2.24, 2.45) is 0 Å². The fraction of sp³-hybridized carbons (Fsp3) is 0.200. The van der Waals surface area contributed by atoms with Crippen LogP contribution >= 0.6 is 0 Å². The first-order valence-electron chi connectivity index (χ1n) is 2.91. The summed E-state index contributed by atoms with van der Waals surface area (Å²) in [4.78, 5) is 14.5. The second-order valence-electron chi connectivity index (χ2n) is 1.71. The van der Waals surface area contributed by atoms with Gasteiger partial charge in [-0.2, -0.15) is 0 Å². The molecule has 0 unspecified atom stereocenters. The average Bonchev–Trinajstić information content (AvgIpc) is 2.52. The van der Waals surface area contributed by atoms with Gasteiger partial charge in [-0.25, -0.2) is 19.6 Å². The number of carbonyl (C=O) groups excluding carboxylic acids is 1. The summed E-state index contributed by atoms with van der Waals surface area (Å²) in [5.41, 5.74) is 4.12. The Bertz CT molecular complexity index is 222. The maximum atomic E-state index is 11.4. The Hall–Kier alpha value is -1.43. The van der Waals surface area contributed by atoms with Crippen LogP contribution in [-0.4, -0.2) is 22.4 Å². The molecule has 11 heavy (non-hydrogen) atoms. The molecule has 1 aromatic heterocycles. The van der Waals surface area contributed by atoms with Crippen LogP contribution in [-0.2, 0) is 0 Å². The Kier molecular flexibility index (Phi) is 2.56. The minimum Gasteiger partial charge on any atom is -0.270 e. The van der Waals surface area contributed by atoms with Crippen LogP contribution in [0.1, 0.15) is 0 Å². The molecule has 1 amide bonds. The molecule has 1 aromatic rings. The van der Waals surface area contributed by atoms with Crippen LogP contribution in [0.5, 0.6) is 0 Å². The SMILES string of the molecule is O=C(NNCF)n1ccnc1. The van der Waals surface area contributed by atoms with E-state index in [4.69, 9.17) is 0 Å². The maximum absolute atomic E-state index is 11.4. The third kappa shape index (κ3) is 2.01. The minimum atomic E-state index is -0.805. The minimum absolute atomic E-state index is 0.472. The number of imidazole rings is 1. The molecule has 1 rings (SSSR count). The summed E-state index contributed by atoms with van der Waals surface area (Å²) in [6.45, 7) is -0.805. The van der Waals surface area contributed by atoms with Crippen molar-refractivity contribution in [3.8, 4) is 0 Å². The predicted octanol–water partition coefficient (Wildman–Crippen LogP) is -0.128. The van der Waals surface area contributed by atoms with E-state index in [2.05, 4.69) is 10.4 Å². The Morgan fingerprint density at radius 2 is 2.55 bits per heavy atom. The fourth-order valence-corrected chi connectivity index (χ4v) is 0.553. The Balaban J connectivity index is 2.43. The van der Waals surface area contributed by atoms with Crippen molar-refractivity contribution >= 4 is 6.03 Å². The number of halogens is 1. The first-order valence-corrected chi connectivity index (χ1v) is 2.91. The molecule has 0 bridgehead atoms. The highest BCUT2D eigenvalue weighted by Crippen LogP contribution is 1.82. The van der Waals surface area contributed by atoms with Gasteiger partial charge in [-0.15, -0.1) is 0 Å². The largest absolute Gasteiger partial charge is 0.341 e. The van der Waals surface area contributed by atoms with E-state index in [0.29, 0.717) is 0 Å². The van der Waals surface area contributed by atoms with Gasteiger partial charge in [0.25, 0.3) is 0 Å². The fourth-order valence-electron chi connectivity index (χ4n) is 0.553. The van der Waals surface area contributed by atoms with Gasteiger partial charge in [-0.3, -0.25) is 9.99 Å². The van der Waals surface area contributed by atoms with E-state index in [9.17, 15) is 9.18 Å². The monoisotopic (exact) mass is 158 g/mol. The van der Waals surface area contributed by atoms with Crippen molar-refractivity contribution in [2.45, 2.75) is 0 Å². The van der Waals surface area contributed by atoms with Gasteiger partial charge in [0.05, 0.1) is 0 Å². The zero-order valence-electron chi connectivity index (χ0n) is 5.62. The van der Waals surface area contributed by atoms with Crippen LogP contribution in [0.3, 0.4) is 0 Å². The first-order chi connectivity index (χ1) is 5.34. The molecule has 0 aromatic carbocycles. The van der Waals surface area contributed by atoms with Crippen LogP contribution in [0.4, 0.5) is 9.18 Å². The highest BCUT2D eigenvalue weighted by molar-refractivity contribution is 5.75. The van der Waals surface area contributed by atoms with Crippen LogP contribution in [0.15, 0.2) is 18.7 Å². The van der Waals surface area contributed by atoms with Crippen molar-refractivity contribution in [1.82, 2.24) is 20.4 Å². The predicted molar refractivity (Wildman–Crippen MR) is 35.3 cm³/mol. The first kappa shape index (κ1) is 7.67. The summed E-state index contributed by atoms with van der Waals surface area (Å²) in [6.07, 6.45) is 4.22. The molecule has 1 heterocycles. The summed E-state index contributed by atoms with van der Waals surface area (Å²) in [7, 11) is 0. The van der Waals surface area contributed by atoms with E-state index in [1.165, 1.54) is 23.3 Å². The number of aromatic nitrogens is 2. The number of hydrogen-bond donors (Lipinski definition) is 2. The zero-order chi connectivity index (χ0) is 8.10. The number of nitrogens with zero attached hydrogens (tertiary/aromatic N) is 2. The molecule has 5 nitrogen and oxygen atoms in total. The lowest BCUT2D eigenvalue weighted by atomic mass is 10.8. The molecule has 6 heteroatoms. The molecule has 0 radical (unpaired) electrons. The van der Waals surface area contributed by atoms with Gasteiger partial charge < -0.3 is 0 Å². The van der Waals surface area contributed by atoms with Crippen molar-refractivity contribution in [3.63, 3.8) is 0 Å². The second-order valence-corrected chi connectivity index (χ2v) is 1.71. The van der Waals surface area contributed by atoms with Crippen molar-refractivity contribution in [2.75, 3.05) is 6.80 Å². The summed E-state index contributed by atoms with van der Waals surface area (Å²) >= 11 is 0. The molecule has 0 aliphatic heterocycles. The van der Waals surface area contributed by atoms with Gasteiger partial charge >= 0.3 is 6.03 Å². The van der Waals surface area contributed by atoms with E-state index in [1.807, 2.05) is 5.43 Å². The number of nitrogens with one attached hydrogen (secondary N) is 2. The number of carbonyl (C=O) groups is 1. The molecule has 0 atom stereocenters. The van der Waals surface area contributed by atoms with Gasteiger partial charge in [-0.1, -0.05) is 0 Å².